The molecule has 1 atom stereocenters. The number of nitrogens with zero attached hydrogens (tertiary/aromatic N) is 1. The summed E-state index contributed by atoms with van der Waals surface area (Å²) in [5, 5.41) is 5.90. The second-order valence-electron chi connectivity index (χ2n) is 6.16. The summed E-state index contributed by atoms with van der Waals surface area (Å²) in [7, 11) is 0. The monoisotopic (exact) mass is 331 g/mol. The smallest absolute Gasteiger partial charge is 0.285 e. The van der Waals surface area contributed by atoms with Crippen molar-refractivity contribution in [3.63, 3.8) is 0 Å². The lowest BCUT2D eigenvalue weighted by Gasteiger charge is -2.19. The Balaban J connectivity index is 1.88. The van der Waals surface area contributed by atoms with Gasteiger partial charge in [0.2, 0.25) is 0 Å². The van der Waals surface area contributed by atoms with Crippen LogP contribution < -0.4 is 10.9 Å². The van der Waals surface area contributed by atoms with Crippen LogP contribution in [0.25, 0.3) is 11.3 Å². The molecule has 5 nitrogen and oxygen atoms in total. The summed E-state index contributed by atoms with van der Waals surface area (Å²) in [6.07, 6.45) is 2.25. The minimum Gasteiger partial charge on any atom is -0.378 e. The van der Waals surface area contributed by atoms with Gasteiger partial charge in [-0.15, -0.1) is 0 Å². The lowest BCUT2D eigenvalue weighted by molar-refractivity contribution is 0.290. The standard InChI is InChI=1S/C19H29N3O2/c1-4-22(5-2)13-9-10-15(3)20-14-17-18(24-21-19(17)23)16-11-7-6-8-12-16/h6-8,11-12,15,20H,4-5,9-10,13-14H2,1-3H3,(H,21,23). The second-order valence-corrected chi connectivity index (χ2v) is 6.16. The molecule has 0 aliphatic rings. The van der Waals surface area contributed by atoms with Crippen molar-refractivity contribution in [3.05, 3.63) is 46.2 Å². The summed E-state index contributed by atoms with van der Waals surface area (Å²) in [5.74, 6) is 0.628. The molecule has 132 valence electrons. The summed E-state index contributed by atoms with van der Waals surface area (Å²) in [4.78, 5) is 14.4. The van der Waals surface area contributed by atoms with E-state index in [1.165, 1.54) is 0 Å². The van der Waals surface area contributed by atoms with E-state index >= 15 is 0 Å². The summed E-state index contributed by atoms with van der Waals surface area (Å²) >= 11 is 0. The van der Waals surface area contributed by atoms with E-state index in [4.69, 9.17) is 4.52 Å². The predicted octanol–water partition coefficient (Wildman–Crippen LogP) is 3.24. The fourth-order valence-electron chi connectivity index (χ4n) is 2.85. The zero-order chi connectivity index (χ0) is 17.4. The minimum absolute atomic E-state index is 0.156. The molecule has 1 heterocycles. The van der Waals surface area contributed by atoms with Gasteiger partial charge < -0.3 is 14.7 Å². The number of aromatic amines is 1. The van der Waals surface area contributed by atoms with Gasteiger partial charge in [-0.2, -0.15) is 5.16 Å². The van der Waals surface area contributed by atoms with Crippen molar-refractivity contribution in [2.75, 3.05) is 19.6 Å². The van der Waals surface area contributed by atoms with Crippen LogP contribution in [-0.4, -0.2) is 35.7 Å². The fourth-order valence-corrected chi connectivity index (χ4v) is 2.85. The molecule has 0 aliphatic carbocycles. The number of aromatic nitrogens is 1. The molecular formula is C19H29N3O2. The molecule has 0 spiro atoms. The zero-order valence-electron chi connectivity index (χ0n) is 15.0. The van der Waals surface area contributed by atoms with Crippen molar-refractivity contribution in [3.8, 4) is 11.3 Å². The van der Waals surface area contributed by atoms with E-state index in [2.05, 4.69) is 36.1 Å². The average Bonchev–Trinajstić information content (AvgIpc) is 2.98. The molecule has 1 aromatic heterocycles. The Labute approximate surface area is 144 Å². The van der Waals surface area contributed by atoms with Crippen LogP contribution in [0.1, 0.15) is 39.2 Å². The number of hydrogen-bond donors (Lipinski definition) is 2. The third-order valence-corrected chi connectivity index (χ3v) is 4.46. The quantitative estimate of drug-likeness (QED) is 0.702. The van der Waals surface area contributed by atoms with Crippen LogP contribution in [0.5, 0.6) is 0 Å². The van der Waals surface area contributed by atoms with Crippen LogP contribution >= 0.6 is 0 Å². The minimum atomic E-state index is -0.156. The second kappa shape index (κ2) is 9.45. The van der Waals surface area contributed by atoms with Crippen LogP contribution in [0.4, 0.5) is 0 Å². The van der Waals surface area contributed by atoms with Crippen molar-refractivity contribution in [2.45, 2.75) is 46.2 Å². The number of rotatable bonds is 10. The first kappa shape index (κ1) is 18.5. The Kier molecular flexibility index (Phi) is 7.28. The average molecular weight is 331 g/mol. The molecular weight excluding hydrogens is 302 g/mol. The molecule has 2 aromatic rings. The molecule has 0 saturated carbocycles. The van der Waals surface area contributed by atoms with Gasteiger partial charge >= 0.3 is 0 Å². The highest BCUT2D eigenvalue weighted by atomic mass is 16.5. The fraction of sp³-hybridized carbons (Fsp3) is 0.526. The molecule has 24 heavy (non-hydrogen) atoms. The van der Waals surface area contributed by atoms with Crippen LogP contribution in [0.3, 0.4) is 0 Å². The van der Waals surface area contributed by atoms with Gasteiger partial charge in [-0.1, -0.05) is 44.2 Å². The largest absolute Gasteiger partial charge is 0.378 e. The van der Waals surface area contributed by atoms with Crippen molar-refractivity contribution >= 4 is 0 Å². The van der Waals surface area contributed by atoms with Gasteiger partial charge in [0.1, 0.15) is 0 Å². The Morgan fingerprint density at radius 1 is 1.21 bits per heavy atom. The third kappa shape index (κ3) is 5.08. The van der Waals surface area contributed by atoms with E-state index < -0.39 is 0 Å². The molecule has 0 fully saturated rings. The van der Waals surface area contributed by atoms with Crippen molar-refractivity contribution in [2.24, 2.45) is 0 Å². The van der Waals surface area contributed by atoms with Gasteiger partial charge in [0.25, 0.3) is 5.56 Å². The maximum Gasteiger partial charge on any atom is 0.285 e. The number of benzene rings is 1. The molecule has 1 unspecified atom stereocenters. The van der Waals surface area contributed by atoms with Crippen LogP contribution in [0.15, 0.2) is 39.6 Å². The maximum atomic E-state index is 12.0. The molecule has 0 radical (unpaired) electrons. The summed E-state index contributed by atoms with van der Waals surface area (Å²) < 4.78 is 5.37. The molecule has 5 heteroatoms. The first-order valence-corrected chi connectivity index (χ1v) is 8.87. The zero-order valence-corrected chi connectivity index (χ0v) is 15.0. The Hall–Kier alpha value is -1.85. The Morgan fingerprint density at radius 3 is 2.58 bits per heavy atom. The molecule has 0 aliphatic heterocycles. The van der Waals surface area contributed by atoms with Gasteiger partial charge in [0.15, 0.2) is 5.76 Å². The topological polar surface area (TPSA) is 61.3 Å². The van der Waals surface area contributed by atoms with Crippen molar-refractivity contribution < 1.29 is 4.52 Å². The van der Waals surface area contributed by atoms with Crippen LogP contribution in [-0.2, 0) is 6.54 Å². The van der Waals surface area contributed by atoms with Crippen molar-refractivity contribution in [1.82, 2.24) is 15.4 Å². The lowest BCUT2D eigenvalue weighted by atomic mass is 10.1. The summed E-state index contributed by atoms with van der Waals surface area (Å²) in [5.41, 5.74) is 1.43. The van der Waals surface area contributed by atoms with Crippen LogP contribution in [0.2, 0.25) is 0 Å². The highest BCUT2D eigenvalue weighted by Crippen LogP contribution is 2.20. The molecule has 0 bridgehead atoms. The number of nitrogens with one attached hydrogen (secondary N) is 2. The van der Waals surface area contributed by atoms with E-state index in [0.717, 1.165) is 38.0 Å². The Morgan fingerprint density at radius 2 is 1.92 bits per heavy atom. The Bertz CT molecular complexity index is 644. The van der Waals surface area contributed by atoms with E-state index in [9.17, 15) is 4.79 Å². The van der Waals surface area contributed by atoms with Gasteiger partial charge in [0.05, 0.1) is 5.56 Å². The van der Waals surface area contributed by atoms with E-state index in [1.54, 1.807) is 0 Å². The lowest BCUT2D eigenvalue weighted by Crippen LogP contribution is -2.30. The normalized spacial score (nSPS) is 12.7. The SMILES string of the molecule is CCN(CC)CCCC(C)NCc1c(-c2ccccc2)o[nH]c1=O. The third-order valence-electron chi connectivity index (χ3n) is 4.46. The maximum absolute atomic E-state index is 12.0. The van der Waals surface area contributed by atoms with E-state index in [0.29, 0.717) is 23.9 Å². The number of H-pyrrole nitrogens is 1. The van der Waals surface area contributed by atoms with E-state index in [-0.39, 0.29) is 5.56 Å². The predicted molar refractivity (Wildman–Crippen MR) is 98.1 cm³/mol. The molecule has 1 aromatic carbocycles. The highest BCUT2D eigenvalue weighted by molar-refractivity contribution is 5.60. The highest BCUT2D eigenvalue weighted by Gasteiger charge is 2.15. The molecule has 2 rings (SSSR count). The van der Waals surface area contributed by atoms with Gasteiger partial charge in [-0.3, -0.25) is 4.79 Å². The first-order valence-electron chi connectivity index (χ1n) is 8.87. The molecule has 2 N–H and O–H groups in total. The van der Waals surface area contributed by atoms with Gasteiger partial charge in [0, 0.05) is 18.2 Å². The van der Waals surface area contributed by atoms with Gasteiger partial charge in [-0.05, 0) is 39.4 Å². The summed E-state index contributed by atoms with van der Waals surface area (Å²) in [6, 6.07) is 10.1. The van der Waals surface area contributed by atoms with E-state index in [1.807, 2.05) is 30.3 Å². The summed E-state index contributed by atoms with van der Waals surface area (Å²) in [6.45, 7) is 10.4. The van der Waals surface area contributed by atoms with Crippen molar-refractivity contribution in [1.29, 1.82) is 0 Å². The molecule has 0 saturated heterocycles. The number of hydrogen-bond acceptors (Lipinski definition) is 4. The van der Waals surface area contributed by atoms with Crippen LogP contribution in [0, 0.1) is 0 Å². The molecule has 0 amide bonds. The first-order chi connectivity index (χ1) is 11.7. The van der Waals surface area contributed by atoms with Gasteiger partial charge in [-0.25, -0.2) is 0 Å².